The van der Waals surface area contributed by atoms with E-state index in [0.717, 1.165) is 12.8 Å². The first-order chi connectivity index (χ1) is 11.5. The van der Waals surface area contributed by atoms with Gasteiger partial charge in [0.25, 0.3) is 0 Å². The maximum atomic E-state index is 10.2. The van der Waals surface area contributed by atoms with Gasteiger partial charge in [0.2, 0.25) is 0 Å². The molecule has 0 aromatic heterocycles. The summed E-state index contributed by atoms with van der Waals surface area (Å²) in [5, 5.41) is 10.2. The second kappa shape index (κ2) is 27.3. The van der Waals surface area contributed by atoms with E-state index in [2.05, 4.69) is 6.92 Å². The normalized spacial score (nSPS) is 10.1. The first kappa shape index (κ1) is 30.8. The number of hydrogen-bond acceptors (Lipinski definition) is 5. The van der Waals surface area contributed by atoms with Crippen molar-refractivity contribution in [1.29, 1.82) is 0 Å². The maximum absolute atomic E-state index is 10.2. The van der Waals surface area contributed by atoms with E-state index >= 15 is 0 Å². The number of carbonyl (C=O) groups is 1. The summed E-state index contributed by atoms with van der Waals surface area (Å²) in [6.45, 7) is 2.27. The van der Waals surface area contributed by atoms with Crippen LogP contribution in [0, 0.1) is 0 Å². The van der Waals surface area contributed by atoms with Crippen LogP contribution in [-0.2, 0) is 4.79 Å². The molecule has 0 bridgehead atoms. The van der Waals surface area contributed by atoms with Gasteiger partial charge in [0.15, 0.2) is 0 Å². The minimum absolute atomic E-state index is 0. The molecule has 0 saturated heterocycles. The molecule has 0 radical (unpaired) electrons. The van der Waals surface area contributed by atoms with Crippen LogP contribution in [0.1, 0.15) is 110 Å². The topological polar surface area (TPSA) is 104 Å². The van der Waals surface area contributed by atoms with E-state index in [1.165, 1.54) is 83.5 Å². The monoisotopic (exact) mass is 404 g/mol. The Bertz CT molecular complexity index is 253. The van der Waals surface area contributed by atoms with Crippen molar-refractivity contribution < 1.29 is 24.6 Å². The first-order valence-corrected chi connectivity index (χ1v) is 10.7. The van der Waals surface area contributed by atoms with Crippen LogP contribution in [0.2, 0.25) is 0 Å². The van der Waals surface area contributed by atoms with Gasteiger partial charge in [-0.05, 0) is 12.8 Å². The molecule has 2 N–H and O–H groups in total. The quantitative estimate of drug-likeness (QED) is 0.234. The van der Waals surface area contributed by atoms with E-state index in [0.29, 0.717) is 0 Å². The molecule has 7 heteroatoms. The van der Waals surface area contributed by atoms with E-state index in [1.54, 1.807) is 0 Å². The Labute approximate surface area is 185 Å². The van der Waals surface area contributed by atoms with Gasteiger partial charge >= 0.3 is 37.7 Å². The van der Waals surface area contributed by atoms with Crippen LogP contribution >= 0.6 is 8.60 Å². The van der Waals surface area contributed by atoms with Crippen molar-refractivity contribution in [2.24, 2.45) is 0 Å². The summed E-state index contributed by atoms with van der Waals surface area (Å²) in [5.74, 6) is -0.903. The van der Waals surface area contributed by atoms with Gasteiger partial charge in [0.1, 0.15) is 0 Å². The van der Waals surface area contributed by atoms with Crippen molar-refractivity contribution >= 4 is 52.3 Å². The molecule has 0 aliphatic carbocycles. The van der Waals surface area contributed by atoms with Crippen LogP contribution in [0.5, 0.6) is 0 Å². The van der Waals surface area contributed by atoms with Crippen LogP contribution in [0.3, 0.4) is 0 Å². The van der Waals surface area contributed by atoms with Crippen molar-refractivity contribution in [3.05, 3.63) is 0 Å². The van der Waals surface area contributed by atoms with Crippen molar-refractivity contribution in [3.8, 4) is 0 Å². The van der Waals surface area contributed by atoms with Gasteiger partial charge < -0.3 is 24.6 Å². The molecule has 0 rings (SSSR count). The second-order valence-corrected chi connectivity index (χ2v) is 6.83. The minimum Gasteiger partial charge on any atom is -0.786 e. The number of aliphatic carboxylic acids is 1. The zero-order valence-corrected chi connectivity index (χ0v) is 19.2. The molecule has 0 amide bonds. The molecular formula is C18H37CaO5P. The van der Waals surface area contributed by atoms with Gasteiger partial charge in [-0.25, -0.2) is 0 Å². The van der Waals surface area contributed by atoms with Gasteiger partial charge in [-0.3, -0.25) is 0 Å². The standard InChI is InChI=1S/C18H36O2.Ca.H2O3P/c1-2-3-4-5-6-7-8-9-10-11-12-13-14-15-16-17-18(19)20;;1-4(2)3/h2-17H2,1H3,(H,19,20);;1-2H/q;+2;-1/p-1. The fourth-order valence-electron chi connectivity index (χ4n) is 2.64. The molecule has 0 aromatic rings. The first-order valence-electron chi connectivity index (χ1n) is 9.55. The summed E-state index contributed by atoms with van der Waals surface area (Å²) in [4.78, 5) is 33.2. The molecule has 0 fully saturated rings. The average Bonchev–Trinajstić information content (AvgIpc) is 2.50. The molecule has 0 aliphatic heterocycles. The van der Waals surface area contributed by atoms with Crippen LogP contribution < -0.4 is 10.00 Å². The van der Waals surface area contributed by atoms with Crippen LogP contribution in [0.25, 0.3) is 0 Å². The van der Waals surface area contributed by atoms with Gasteiger partial charge in [-0.2, -0.15) is 0 Å². The summed E-state index contributed by atoms with van der Waals surface area (Å²) in [6.07, 6.45) is 19.9. The third kappa shape index (κ3) is 40.8. The SMILES string of the molecule is CCCCCCCCCCCCCCCCCC(=O)[O-].[Ca+2].[O-]P(O)O. The number of carboxylic acid groups (broad SMARTS) is 1. The van der Waals surface area contributed by atoms with Gasteiger partial charge in [0, 0.05) is 5.97 Å². The fourth-order valence-corrected chi connectivity index (χ4v) is 2.64. The Morgan fingerprint density at radius 2 is 0.960 bits per heavy atom. The number of rotatable bonds is 16. The molecule has 5 nitrogen and oxygen atoms in total. The van der Waals surface area contributed by atoms with E-state index in [9.17, 15) is 9.90 Å². The van der Waals surface area contributed by atoms with Crippen molar-refractivity contribution in [2.45, 2.75) is 110 Å². The minimum atomic E-state index is -2.87. The summed E-state index contributed by atoms with van der Waals surface area (Å²) in [5.41, 5.74) is 0. The number of hydrogen-bond donors (Lipinski definition) is 2. The van der Waals surface area contributed by atoms with Gasteiger partial charge in [-0.1, -0.05) is 96.8 Å². The van der Waals surface area contributed by atoms with E-state index in [4.69, 9.17) is 14.7 Å². The zero-order valence-electron chi connectivity index (χ0n) is 16.1. The molecule has 0 aliphatic rings. The summed E-state index contributed by atoms with van der Waals surface area (Å²) in [7, 11) is -2.87. The van der Waals surface area contributed by atoms with Crippen LogP contribution in [0.4, 0.5) is 0 Å². The fraction of sp³-hybridized carbons (Fsp3) is 0.944. The molecule has 0 saturated carbocycles. The van der Waals surface area contributed by atoms with E-state index in [1.807, 2.05) is 0 Å². The predicted molar refractivity (Wildman–Crippen MR) is 102 cm³/mol. The molecule has 0 unspecified atom stereocenters. The Kier molecular flexibility index (Phi) is 33.5. The largest absolute Gasteiger partial charge is 2.00 e. The van der Waals surface area contributed by atoms with E-state index < -0.39 is 14.6 Å². The smallest absolute Gasteiger partial charge is 0.786 e. The second-order valence-electron chi connectivity index (χ2n) is 6.32. The molecule has 25 heavy (non-hydrogen) atoms. The van der Waals surface area contributed by atoms with Crippen LogP contribution in [0.15, 0.2) is 0 Å². The summed E-state index contributed by atoms with van der Waals surface area (Å²) in [6, 6.07) is 0. The number of carboxylic acids is 1. The Balaban J connectivity index is -0.000000867. The Morgan fingerprint density at radius 3 is 1.20 bits per heavy atom. The molecular weight excluding hydrogens is 367 g/mol. The number of carbonyl (C=O) groups excluding carboxylic acids is 1. The molecule has 0 spiro atoms. The van der Waals surface area contributed by atoms with Gasteiger partial charge in [0.05, 0.1) is 8.60 Å². The van der Waals surface area contributed by atoms with Crippen LogP contribution in [-0.4, -0.2) is 53.5 Å². The Hall–Kier alpha value is 1.04. The van der Waals surface area contributed by atoms with E-state index in [-0.39, 0.29) is 44.2 Å². The zero-order chi connectivity index (χ0) is 18.5. The average molecular weight is 405 g/mol. The van der Waals surface area contributed by atoms with Crippen molar-refractivity contribution in [1.82, 2.24) is 0 Å². The molecule has 0 atom stereocenters. The maximum Gasteiger partial charge on any atom is 2.00 e. The predicted octanol–water partition coefficient (Wildman–Crippen LogP) is 3.18. The molecule has 146 valence electrons. The third-order valence-corrected chi connectivity index (χ3v) is 3.98. The van der Waals surface area contributed by atoms with Gasteiger partial charge in [-0.15, -0.1) is 0 Å². The summed E-state index contributed by atoms with van der Waals surface area (Å²) >= 11 is 0. The number of unbranched alkanes of at least 4 members (excludes halogenated alkanes) is 14. The summed E-state index contributed by atoms with van der Waals surface area (Å²) < 4.78 is 0. The third-order valence-electron chi connectivity index (χ3n) is 3.98. The molecule has 0 aromatic carbocycles. The Morgan fingerprint density at radius 1 is 0.720 bits per heavy atom. The van der Waals surface area contributed by atoms with Crippen molar-refractivity contribution in [3.63, 3.8) is 0 Å². The van der Waals surface area contributed by atoms with Crippen molar-refractivity contribution in [2.75, 3.05) is 0 Å². The molecule has 0 heterocycles.